The summed E-state index contributed by atoms with van der Waals surface area (Å²) in [5, 5.41) is 0. The van der Waals surface area contributed by atoms with E-state index in [1.807, 2.05) is 0 Å². The monoisotopic (exact) mass is 297 g/mol. The number of ether oxygens (including phenoxy) is 1. The standard InChI is InChI=1S/C14H20BrNO/c1-10-3-4-12(15)7-13(10)14(8-17-9-14)11(2)5-6-16/h3-4,7,11H,5-6,8-9,16H2,1-2H3. The molecular formula is C14H20BrNO. The van der Waals surface area contributed by atoms with E-state index >= 15 is 0 Å². The van der Waals surface area contributed by atoms with Gasteiger partial charge >= 0.3 is 0 Å². The highest BCUT2D eigenvalue weighted by Gasteiger charge is 2.45. The molecule has 1 aromatic carbocycles. The molecule has 1 aliphatic rings. The minimum atomic E-state index is 0.174. The molecular weight excluding hydrogens is 278 g/mol. The predicted octanol–water partition coefficient (Wildman–Crippen LogP) is 3.01. The van der Waals surface area contributed by atoms with Gasteiger partial charge in [-0.15, -0.1) is 0 Å². The smallest absolute Gasteiger partial charge is 0.0588 e. The van der Waals surface area contributed by atoms with E-state index in [2.05, 4.69) is 48.0 Å². The van der Waals surface area contributed by atoms with Crippen LogP contribution in [0.4, 0.5) is 0 Å². The van der Waals surface area contributed by atoms with Gasteiger partial charge in [0.2, 0.25) is 0 Å². The molecule has 0 aliphatic carbocycles. The van der Waals surface area contributed by atoms with Crippen LogP contribution in [-0.4, -0.2) is 19.8 Å². The van der Waals surface area contributed by atoms with Gasteiger partial charge in [0, 0.05) is 9.89 Å². The quantitative estimate of drug-likeness (QED) is 0.927. The number of nitrogens with two attached hydrogens (primary N) is 1. The van der Waals surface area contributed by atoms with Gasteiger partial charge in [-0.25, -0.2) is 0 Å². The van der Waals surface area contributed by atoms with Crippen LogP contribution in [0, 0.1) is 12.8 Å². The summed E-state index contributed by atoms with van der Waals surface area (Å²) in [5.41, 5.74) is 8.64. The highest BCUT2D eigenvalue weighted by atomic mass is 79.9. The van der Waals surface area contributed by atoms with Crippen molar-refractivity contribution in [3.63, 3.8) is 0 Å². The minimum Gasteiger partial charge on any atom is -0.379 e. The van der Waals surface area contributed by atoms with Gasteiger partial charge in [0.1, 0.15) is 0 Å². The zero-order valence-electron chi connectivity index (χ0n) is 10.5. The molecule has 1 atom stereocenters. The van der Waals surface area contributed by atoms with Crippen LogP contribution >= 0.6 is 15.9 Å². The van der Waals surface area contributed by atoms with Crippen LogP contribution in [-0.2, 0) is 10.2 Å². The molecule has 1 aromatic rings. The van der Waals surface area contributed by atoms with E-state index in [0.717, 1.165) is 30.7 Å². The van der Waals surface area contributed by atoms with Gasteiger partial charge in [-0.3, -0.25) is 0 Å². The summed E-state index contributed by atoms with van der Waals surface area (Å²) >= 11 is 3.56. The highest BCUT2D eigenvalue weighted by molar-refractivity contribution is 9.10. The van der Waals surface area contributed by atoms with E-state index in [1.54, 1.807) is 0 Å². The zero-order chi connectivity index (χ0) is 12.5. The first-order chi connectivity index (χ1) is 8.10. The molecule has 2 nitrogen and oxygen atoms in total. The molecule has 94 valence electrons. The third-order valence-corrected chi connectivity index (χ3v) is 4.49. The third kappa shape index (κ3) is 2.28. The first-order valence-corrected chi connectivity index (χ1v) is 6.94. The van der Waals surface area contributed by atoms with Crippen LogP contribution in [0.2, 0.25) is 0 Å². The summed E-state index contributed by atoms with van der Waals surface area (Å²) in [4.78, 5) is 0. The first kappa shape index (κ1) is 13.1. The van der Waals surface area contributed by atoms with Crippen molar-refractivity contribution in [1.29, 1.82) is 0 Å². The molecule has 3 heteroatoms. The molecule has 0 radical (unpaired) electrons. The third-order valence-electron chi connectivity index (χ3n) is 4.00. The predicted molar refractivity (Wildman–Crippen MR) is 74.2 cm³/mol. The molecule has 1 aliphatic heterocycles. The summed E-state index contributed by atoms with van der Waals surface area (Å²) in [6.07, 6.45) is 1.05. The van der Waals surface area contributed by atoms with Gasteiger partial charge in [0.25, 0.3) is 0 Å². The molecule has 1 unspecified atom stereocenters. The van der Waals surface area contributed by atoms with Crippen LogP contribution in [0.1, 0.15) is 24.5 Å². The Kier molecular flexibility index (Phi) is 3.91. The fourth-order valence-electron chi connectivity index (χ4n) is 2.68. The largest absolute Gasteiger partial charge is 0.379 e. The summed E-state index contributed by atoms with van der Waals surface area (Å²) in [6.45, 7) is 6.86. The van der Waals surface area contributed by atoms with E-state index in [-0.39, 0.29) is 5.41 Å². The summed E-state index contributed by atoms with van der Waals surface area (Å²) < 4.78 is 6.64. The van der Waals surface area contributed by atoms with Crippen molar-refractivity contribution in [2.45, 2.75) is 25.7 Å². The van der Waals surface area contributed by atoms with Crippen LogP contribution < -0.4 is 5.73 Å². The van der Waals surface area contributed by atoms with Gasteiger partial charge < -0.3 is 10.5 Å². The first-order valence-electron chi connectivity index (χ1n) is 6.14. The van der Waals surface area contributed by atoms with Crippen LogP contribution in [0.3, 0.4) is 0 Å². The Morgan fingerprint density at radius 3 is 2.71 bits per heavy atom. The maximum atomic E-state index is 5.70. The van der Waals surface area contributed by atoms with Crippen molar-refractivity contribution in [3.8, 4) is 0 Å². The van der Waals surface area contributed by atoms with Crippen molar-refractivity contribution in [3.05, 3.63) is 33.8 Å². The number of aryl methyl sites for hydroxylation is 1. The van der Waals surface area contributed by atoms with Gasteiger partial charge in [-0.05, 0) is 49.1 Å². The van der Waals surface area contributed by atoms with Gasteiger partial charge in [-0.1, -0.05) is 28.9 Å². The van der Waals surface area contributed by atoms with E-state index in [4.69, 9.17) is 10.5 Å². The van der Waals surface area contributed by atoms with E-state index in [9.17, 15) is 0 Å². The van der Waals surface area contributed by atoms with Crippen LogP contribution in [0.15, 0.2) is 22.7 Å². The fraction of sp³-hybridized carbons (Fsp3) is 0.571. The normalized spacial score (nSPS) is 19.8. The number of benzene rings is 1. The van der Waals surface area contributed by atoms with Crippen LogP contribution in [0.5, 0.6) is 0 Å². The second kappa shape index (κ2) is 5.09. The van der Waals surface area contributed by atoms with Crippen molar-refractivity contribution in [2.75, 3.05) is 19.8 Å². The highest BCUT2D eigenvalue weighted by Crippen LogP contribution is 2.42. The Morgan fingerprint density at radius 1 is 1.47 bits per heavy atom. The Balaban J connectivity index is 2.37. The molecule has 0 amide bonds. The van der Waals surface area contributed by atoms with E-state index < -0.39 is 0 Å². The lowest BCUT2D eigenvalue weighted by molar-refractivity contribution is -0.0886. The maximum Gasteiger partial charge on any atom is 0.0588 e. The lowest BCUT2D eigenvalue weighted by Gasteiger charge is -2.47. The molecule has 0 spiro atoms. The molecule has 1 fully saturated rings. The SMILES string of the molecule is Cc1ccc(Br)cc1C1(C(C)CCN)COC1. The van der Waals surface area contributed by atoms with E-state index in [1.165, 1.54) is 11.1 Å². The Morgan fingerprint density at radius 2 is 2.18 bits per heavy atom. The summed E-state index contributed by atoms with van der Waals surface area (Å²) in [7, 11) is 0. The topological polar surface area (TPSA) is 35.2 Å². The summed E-state index contributed by atoms with van der Waals surface area (Å²) in [5.74, 6) is 0.564. The van der Waals surface area contributed by atoms with Crippen LogP contribution in [0.25, 0.3) is 0 Å². The van der Waals surface area contributed by atoms with Crippen molar-refractivity contribution in [2.24, 2.45) is 11.7 Å². The lowest BCUT2D eigenvalue weighted by atomic mass is 9.67. The van der Waals surface area contributed by atoms with Gasteiger partial charge in [0.05, 0.1) is 13.2 Å². The van der Waals surface area contributed by atoms with E-state index in [0.29, 0.717) is 5.92 Å². The number of hydrogen-bond donors (Lipinski definition) is 1. The fourth-order valence-corrected chi connectivity index (χ4v) is 3.05. The maximum absolute atomic E-state index is 5.70. The second-order valence-corrected chi connectivity index (χ2v) is 6.00. The Labute approximate surface area is 112 Å². The number of rotatable bonds is 4. The minimum absolute atomic E-state index is 0.174. The molecule has 1 saturated heterocycles. The van der Waals surface area contributed by atoms with Crippen molar-refractivity contribution in [1.82, 2.24) is 0 Å². The average Bonchev–Trinajstić information content (AvgIpc) is 2.22. The molecule has 1 heterocycles. The summed E-state index contributed by atoms with van der Waals surface area (Å²) in [6, 6.07) is 6.51. The zero-order valence-corrected chi connectivity index (χ0v) is 12.1. The van der Waals surface area contributed by atoms with Crippen molar-refractivity contribution >= 4 is 15.9 Å². The Bertz CT molecular complexity index is 401. The molecule has 17 heavy (non-hydrogen) atoms. The second-order valence-electron chi connectivity index (χ2n) is 5.09. The molecule has 0 bridgehead atoms. The molecule has 0 saturated carbocycles. The molecule has 2 rings (SSSR count). The molecule has 2 N–H and O–H groups in total. The van der Waals surface area contributed by atoms with Gasteiger partial charge in [-0.2, -0.15) is 0 Å². The average molecular weight is 298 g/mol. The lowest BCUT2D eigenvalue weighted by Crippen LogP contribution is -2.52. The number of halogens is 1. The number of hydrogen-bond acceptors (Lipinski definition) is 2. The molecule has 0 aromatic heterocycles. The van der Waals surface area contributed by atoms with Crippen molar-refractivity contribution < 1.29 is 4.74 Å². The van der Waals surface area contributed by atoms with Gasteiger partial charge in [0.15, 0.2) is 0 Å². The Hall–Kier alpha value is -0.380.